The Morgan fingerprint density at radius 1 is 1.73 bits per heavy atom. The van der Waals surface area contributed by atoms with E-state index in [0.717, 1.165) is 0 Å². The second-order valence-corrected chi connectivity index (χ2v) is 4.10. The topological polar surface area (TPSA) is 65.2 Å². The van der Waals surface area contributed by atoms with Gasteiger partial charge in [0.05, 0.1) is 6.61 Å². The first-order chi connectivity index (χ1) is 6.89. The molecule has 1 aromatic heterocycles. The van der Waals surface area contributed by atoms with Crippen molar-refractivity contribution in [2.75, 3.05) is 12.3 Å². The highest BCUT2D eigenvalue weighted by molar-refractivity contribution is 7.19. The molecule has 15 heavy (non-hydrogen) atoms. The number of anilines is 1. The largest absolute Gasteiger partial charge is 0.461 e. The highest BCUT2D eigenvalue weighted by Crippen LogP contribution is 2.38. The smallest absolute Gasteiger partial charge is 0.386 e. The Morgan fingerprint density at radius 3 is 2.73 bits per heavy atom. The Morgan fingerprint density at radius 2 is 2.33 bits per heavy atom. The average molecular weight is 257 g/mol. The van der Waals surface area contributed by atoms with Gasteiger partial charge in [0.2, 0.25) is 0 Å². The predicted molar refractivity (Wildman–Crippen MR) is 52.1 cm³/mol. The number of ether oxygens (including phenoxy) is 1. The summed E-state index contributed by atoms with van der Waals surface area (Å²) in [6, 6.07) is 0. The first kappa shape index (κ1) is 12.1. The van der Waals surface area contributed by atoms with E-state index < -0.39 is 17.6 Å². The Balaban J connectivity index is 3.04. The predicted octanol–water partition coefficient (Wildman–Crippen LogP) is 2.03. The van der Waals surface area contributed by atoms with E-state index in [1.54, 1.807) is 0 Å². The van der Waals surface area contributed by atoms with Crippen molar-refractivity contribution in [1.29, 1.82) is 0 Å². The molecule has 8 heteroatoms. The van der Waals surface area contributed by atoms with Gasteiger partial charge in [0.1, 0.15) is 4.34 Å². The van der Waals surface area contributed by atoms with Gasteiger partial charge in [0.25, 0.3) is 0 Å². The zero-order valence-electron chi connectivity index (χ0n) is 7.59. The third kappa shape index (κ3) is 2.35. The monoisotopic (exact) mass is 256 g/mol. The summed E-state index contributed by atoms with van der Waals surface area (Å²) < 4.78 is 30.6. The molecule has 0 spiro atoms. The second-order valence-electron chi connectivity index (χ2n) is 2.47. The van der Waals surface area contributed by atoms with Crippen molar-refractivity contribution in [1.82, 2.24) is 4.98 Å². The number of rotatable bonds is 3. The lowest BCUT2D eigenvalue weighted by molar-refractivity contribution is -0.173. The molecule has 0 saturated heterocycles. The zero-order valence-corrected chi connectivity index (χ0v) is 9.16. The maximum Gasteiger partial charge on any atom is 0.386 e. The lowest BCUT2D eigenvalue weighted by Gasteiger charge is -2.12. The molecule has 1 rings (SSSR count). The van der Waals surface area contributed by atoms with E-state index in [0.29, 0.717) is 11.3 Å². The summed E-state index contributed by atoms with van der Waals surface area (Å²) in [5.41, 5.74) is 4.33. The van der Waals surface area contributed by atoms with Crippen LogP contribution in [0.5, 0.6) is 0 Å². The van der Waals surface area contributed by atoms with Crippen LogP contribution in [0.25, 0.3) is 0 Å². The van der Waals surface area contributed by atoms with E-state index in [-0.39, 0.29) is 16.1 Å². The van der Waals surface area contributed by atoms with Crippen molar-refractivity contribution >= 4 is 34.0 Å². The highest BCUT2D eigenvalue weighted by atomic mass is 35.5. The van der Waals surface area contributed by atoms with E-state index in [1.165, 1.54) is 6.92 Å². The number of carbonyl (C=O) groups is 1. The van der Waals surface area contributed by atoms with Crippen molar-refractivity contribution in [3.63, 3.8) is 0 Å². The fourth-order valence-corrected chi connectivity index (χ4v) is 1.82. The molecule has 0 radical (unpaired) electrons. The van der Waals surface area contributed by atoms with Crippen LogP contribution in [0.4, 0.5) is 13.9 Å². The molecule has 84 valence electrons. The molecule has 2 N–H and O–H groups in total. The van der Waals surface area contributed by atoms with E-state index in [1.807, 2.05) is 0 Å². The van der Waals surface area contributed by atoms with Crippen LogP contribution in [0.1, 0.15) is 12.6 Å². The molecule has 1 heterocycles. The normalized spacial score (nSPS) is 11.5. The van der Waals surface area contributed by atoms with Crippen molar-refractivity contribution in [2.45, 2.75) is 12.8 Å². The molecule has 0 atom stereocenters. The molecule has 0 bridgehead atoms. The number of thiazole rings is 1. The van der Waals surface area contributed by atoms with Crippen molar-refractivity contribution in [3.8, 4) is 0 Å². The van der Waals surface area contributed by atoms with Crippen LogP contribution in [-0.2, 0) is 15.5 Å². The minimum Gasteiger partial charge on any atom is -0.461 e. The maximum atomic E-state index is 13.3. The van der Waals surface area contributed by atoms with Crippen LogP contribution >= 0.6 is 22.9 Å². The third-order valence-electron chi connectivity index (χ3n) is 1.43. The molecule has 1 aromatic rings. The summed E-state index contributed by atoms with van der Waals surface area (Å²) in [7, 11) is 0. The lowest BCUT2D eigenvalue weighted by atomic mass is 10.2. The lowest BCUT2D eigenvalue weighted by Crippen LogP contribution is -2.29. The van der Waals surface area contributed by atoms with Crippen LogP contribution in [-0.4, -0.2) is 17.6 Å². The fourth-order valence-electron chi connectivity index (χ4n) is 0.829. The quantitative estimate of drug-likeness (QED) is 0.841. The van der Waals surface area contributed by atoms with Gasteiger partial charge in [-0.3, -0.25) is 0 Å². The van der Waals surface area contributed by atoms with Crippen LogP contribution in [0.15, 0.2) is 0 Å². The van der Waals surface area contributed by atoms with Crippen LogP contribution in [0, 0.1) is 0 Å². The maximum absolute atomic E-state index is 13.3. The number of nitrogen functional groups attached to an aromatic ring is 1. The van der Waals surface area contributed by atoms with E-state index in [4.69, 9.17) is 17.3 Å². The number of aromatic nitrogens is 1. The summed E-state index contributed by atoms with van der Waals surface area (Å²) in [6.07, 6.45) is 0. The second kappa shape index (κ2) is 4.28. The molecule has 0 unspecified atom stereocenters. The van der Waals surface area contributed by atoms with Crippen molar-refractivity contribution < 1.29 is 18.3 Å². The number of hydrogen-bond donors (Lipinski definition) is 1. The van der Waals surface area contributed by atoms with Gasteiger partial charge in [0, 0.05) is 0 Å². The third-order valence-corrected chi connectivity index (χ3v) is 2.52. The Bertz CT molecular complexity index is 383. The number of nitrogens with two attached hydrogens (primary N) is 1. The fraction of sp³-hybridized carbons (Fsp3) is 0.429. The van der Waals surface area contributed by atoms with E-state index >= 15 is 0 Å². The Labute approximate surface area is 93.0 Å². The van der Waals surface area contributed by atoms with Gasteiger partial charge in [-0.2, -0.15) is 8.78 Å². The first-order valence-corrected chi connectivity index (χ1v) is 5.06. The summed E-state index contributed by atoms with van der Waals surface area (Å²) >= 11 is 6.14. The highest BCUT2D eigenvalue weighted by Gasteiger charge is 2.47. The van der Waals surface area contributed by atoms with Gasteiger partial charge in [-0.15, -0.1) is 0 Å². The standard InChI is InChI=1S/C7H7ClF2N2O2S/c1-2-14-5(13)7(9,10)3-4(8)15-6(11)12-3/h2H2,1H3,(H2,11,12). The van der Waals surface area contributed by atoms with Crippen molar-refractivity contribution in [3.05, 3.63) is 10.0 Å². The van der Waals surface area contributed by atoms with Gasteiger partial charge < -0.3 is 10.5 Å². The molecule has 0 aliphatic rings. The van der Waals surface area contributed by atoms with Gasteiger partial charge in [0.15, 0.2) is 10.8 Å². The molecule has 0 aliphatic carbocycles. The van der Waals surface area contributed by atoms with Gasteiger partial charge in [-0.25, -0.2) is 9.78 Å². The number of hydrogen-bond acceptors (Lipinski definition) is 5. The number of alkyl halides is 2. The van der Waals surface area contributed by atoms with Gasteiger partial charge >= 0.3 is 11.9 Å². The molecule has 0 saturated carbocycles. The summed E-state index contributed by atoms with van der Waals surface area (Å²) in [6.45, 7) is 1.27. The molecule has 0 aliphatic heterocycles. The molecule has 4 nitrogen and oxygen atoms in total. The average Bonchev–Trinajstić information content (AvgIpc) is 2.46. The molecule has 0 fully saturated rings. The van der Waals surface area contributed by atoms with Crippen LogP contribution < -0.4 is 5.73 Å². The minimum atomic E-state index is -3.86. The molecule has 0 aromatic carbocycles. The van der Waals surface area contributed by atoms with E-state index in [2.05, 4.69) is 9.72 Å². The van der Waals surface area contributed by atoms with Gasteiger partial charge in [-0.1, -0.05) is 22.9 Å². The van der Waals surface area contributed by atoms with Gasteiger partial charge in [-0.05, 0) is 6.92 Å². The van der Waals surface area contributed by atoms with Crippen LogP contribution in [0.3, 0.4) is 0 Å². The number of carbonyl (C=O) groups excluding carboxylic acids is 1. The molecule has 0 amide bonds. The number of halogens is 3. The molecular weight excluding hydrogens is 250 g/mol. The number of nitrogens with zero attached hydrogens (tertiary/aromatic N) is 1. The minimum absolute atomic E-state index is 0.126. The number of esters is 1. The SMILES string of the molecule is CCOC(=O)C(F)(F)c1nc(N)sc1Cl. The summed E-state index contributed by atoms with van der Waals surface area (Å²) in [5, 5.41) is -0.126. The summed E-state index contributed by atoms with van der Waals surface area (Å²) in [4.78, 5) is 14.2. The van der Waals surface area contributed by atoms with Crippen molar-refractivity contribution in [2.24, 2.45) is 0 Å². The van der Waals surface area contributed by atoms with Crippen LogP contribution in [0.2, 0.25) is 4.34 Å². The Hall–Kier alpha value is -0.950. The zero-order chi connectivity index (χ0) is 11.6. The molecular formula is C7H7ClF2N2O2S. The van der Waals surface area contributed by atoms with E-state index in [9.17, 15) is 13.6 Å². The summed E-state index contributed by atoms with van der Waals surface area (Å²) in [5.74, 6) is -5.54. The first-order valence-electron chi connectivity index (χ1n) is 3.87. The Kier molecular flexibility index (Phi) is 3.46.